The number of fused-ring (bicyclic) bond motifs is 1. The van der Waals surface area contributed by atoms with Crippen LogP contribution < -0.4 is 5.56 Å². The van der Waals surface area contributed by atoms with Gasteiger partial charge in [0, 0.05) is 5.39 Å². The van der Waals surface area contributed by atoms with Crippen molar-refractivity contribution in [3.63, 3.8) is 0 Å². The number of azo groups is 1. The van der Waals surface area contributed by atoms with E-state index in [4.69, 9.17) is 0 Å². The van der Waals surface area contributed by atoms with Crippen molar-refractivity contribution in [1.82, 2.24) is 4.98 Å². The van der Waals surface area contributed by atoms with Crippen LogP contribution in [0.5, 0.6) is 5.75 Å². The fourth-order valence-electron chi connectivity index (χ4n) is 2.65. The summed E-state index contributed by atoms with van der Waals surface area (Å²) in [5.74, 6) is -0.217. The zero-order valence-electron chi connectivity index (χ0n) is 16.5. The van der Waals surface area contributed by atoms with Gasteiger partial charge in [-0.3, -0.25) is 4.79 Å². The number of quaternary nitrogens is 1. The van der Waals surface area contributed by atoms with Crippen LogP contribution in [0.3, 0.4) is 0 Å². The molecule has 3 rings (SSSR count). The van der Waals surface area contributed by atoms with Gasteiger partial charge in [-0.15, -0.1) is 5.11 Å². The highest BCUT2D eigenvalue weighted by molar-refractivity contribution is 7.91. The number of H-pyrrole nitrogens is 1. The van der Waals surface area contributed by atoms with Gasteiger partial charge in [0.1, 0.15) is 5.75 Å². The predicted molar refractivity (Wildman–Crippen MR) is 112 cm³/mol. The van der Waals surface area contributed by atoms with Gasteiger partial charge in [-0.25, -0.2) is 8.42 Å². The van der Waals surface area contributed by atoms with Gasteiger partial charge in [-0.05, 0) is 36.4 Å². The average Bonchev–Trinajstić information content (AvgIpc) is 2.66. The van der Waals surface area contributed by atoms with Gasteiger partial charge < -0.3 is 14.6 Å². The third-order valence-corrected chi connectivity index (χ3v) is 6.07. The van der Waals surface area contributed by atoms with Crippen molar-refractivity contribution in [3.05, 3.63) is 58.9 Å². The van der Waals surface area contributed by atoms with Gasteiger partial charge in [0.05, 0.1) is 43.8 Å². The predicted octanol–water partition coefficient (Wildman–Crippen LogP) is 3.13. The molecule has 0 aliphatic carbocycles. The fraction of sp³-hybridized carbons (Fsp3) is 0.250. The number of pyridine rings is 1. The summed E-state index contributed by atoms with van der Waals surface area (Å²) in [6, 6.07) is 12.8. The van der Waals surface area contributed by atoms with Crippen molar-refractivity contribution in [2.24, 2.45) is 10.2 Å². The third kappa shape index (κ3) is 4.87. The van der Waals surface area contributed by atoms with E-state index >= 15 is 0 Å². The molecular formula is C20H23N4O4S+. The van der Waals surface area contributed by atoms with Crippen molar-refractivity contribution >= 4 is 32.1 Å². The summed E-state index contributed by atoms with van der Waals surface area (Å²) in [5.41, 5.74) is 0.0905. The zero-order chi connectivity index (χ0) is 21.2. The number of nitrogens with zero attached hydrogens (tertiary/aromatic N) is 3. The lowest BCUT2D eigenvalue weighted by atomic mass is 10.2. The molecule has 0 spiro atoms. The Bertz CT molecular complexity index is 1220. The Kier molecular flexibility index (Phi) is 5.54. The van der Waals surface area contributed by atoms with Crippen LogP contribution in [0, 0.1) is 0 Å². The SMILES string of the molecule is C[N+](C)(C)CCS(=O)(=O)c1ccc(N=Nc2c(O)c3ccccc3[nH]c2=O)cc1. The monoisotopic (exact) mass is 415 g/mol. The second-order valence-electron chi connectivity index (χ2n) is 7.72. The van der Waals surface area contributed by atoms with Gasteiger partial charge in [0.2, 0.25) is 0 Å². The van der Waals surface area contributed by atoms with E-state index in [1.165, 1.54) is 24.3 Å². The Morgan fingerprint density at radius 1 is 1.00 bits per heavy atom. The average molecular weight is 415 g/mol. The number of aromatic nitrogens is 1. The van der Waals surface area contributed by atoms with Crippen molar-refractivity contribution in [3.8, 4) is 5.75 Å². The summed E-state index contributed by atoms with van der Waals surface area (Å²) in [4.78, 5) is 15.0. The van der Waals surface area contributed by atoms with Crippen molar-refractivity contribution < 1.29 is 18.0 Å². The van der Waals surface area contributed by atoms with E-state index in [2.05, 4.69) is 15.2 Å². The number of hydrogen-bond donors (Lipinski definition) is 2. The number of hydrogen-bond acceptors (Lipinski definition) is 6. The highest BCUT2D eigenvalue weighted by Crippen LogP contribution is 2.31. The molecule has 152 valence electrons. The maximum Gasteiger partial charge on any atom is 0.280 e. The highest BCUT2D eigenvalue weighted by Gasteiger charge is 2.19. The van der Waals surface area contributed by atoms with Crippen LogP contribution in [0.25, 0.3) is 10.9 Å². The minimum atomic E-state index is -3.40. The standard InChI is InChI=1S/C20H22N4O4S/c1-24(2,3)12-13-29(27,28)15-10-8-14(9-11-15)22-23-18-19(25)16-6-4-5-7-17(16)21-20(18)26/h4-11H,12-13H2,1-3H3,(H-,21,22,25,26)/p+1. The molecule has 0 unspecified atom stereocenters. The lowest BCUT2D eigenvalue weighted by Crippen LogP contribution is -2.38. The molecule has 1 aromatic heterocycles. The van der Waals surface area contributed by atoms with Crippen molar-refractivity contribution in [1.29, 1.82) is 0 Å². The molecule has 0 aliphatic heterocycles. The maximum absolute atomic E-state index is 12.4. The van der Waals surface area contributed by atoms with E-state index in [9.17, 15) is 18.3 Å². The van der Waals surface area contributed by atoms with Crippen LogP contribution in [0.4, 0.5) is 11.4 Å². The molecule has 0 aliphatic rings. The van der Waals surface area contributed by atoms with Gasteiger partial charge in [-0.2, -0.15) is 5.11 Å². The Labute approximate surface area is 168 Å². The summed E-state index contributed by atoms with van der Waals surface area (Å²) in [6.07, 6.45) is 0. The molecule has 0 amide bonds. The summed E-state index contributed by atoms with van der Waals surface area (Å²) in [5, 5.41) is 18.6. The van der Waals surface area contributed by atoms with E-state index < -0.39 is 15.4 Å². The van der Waals surface area contributed by atoms with E-state index in [0.29, 0.717) is 27.6 Å². The summed E-state index contributed by atoms with van der Waals surface area (Å²) < 4.78 is 25.4. The fourth-order valence-corrected chi connectivity index (χ4v) is 4.22. The zero-order valence-corrected chi connectivity index (χ0v) is 17.3. The topological polar surface area (TPSA) is 112 Å². The molecule has 29 heavy (non-hydrogen) atoms. The number of aromatic amines is 1. The first-order valence-electron chi connectivity index (χ1n) is 8.96. The first kappa shape index (κ1) is 20.7. The molecule has 0 radical (unpaired) electrons. The first-order valence-corrected chi connectivity index (χ1v) is 10.6. The normalized spacial score (nSPS) is 12.7. The number of sulfone groups is 1. The van der Waals surface area contributed by atoms with Gasteiger partial charge in [-0.1, -0.05) is 12.1 Å². The Morgan fingerprint density at radius 2 is 1.66 bits per heavy atom. The minimum Gasteiger partial charge on any atom is -0.505 e. The molecule has 0 atom stereocenters. The van der Waals surface area contributed by atoms with Crippen LogP contribution in [0.1, 0.15) is 0 Å². The summed E-state index contributed by atoms with van der Waals surface area (Å²) in [7, 11) is 2.40. The van der Waals surface area contributed by atoms with Crippen LogP contribution >= 0.6 is 0 Å². The summed E-state index contributed by atoms with van der Waals surface area (Å²) in [6.45, 7) is 0.494. The van der Waals surface area contributed by atoms with Gasteiger partial charge in [0.15, 0.2) is 21.3 Å². The number of nitrogens with one attached hydrogen (secondary N) is 1. The maximum atomic E-state index is 12.4. The van der Waals surface area contributed by atoms with Crippen molar-refractivity contribution in [2.75, 3.05) is 33.4 Å². The van der Waals surface area contributed by atoms with E-state index in [-0.39, 0.29) is 22.1 Å². The Morgan fingerprint density at radius 3 is 2.31 bits per heavy atom. The molecule has 2 N–H and O–H groups in total. The van der Waals surface area contributed by atoms with Gasteiger partial charge in [0.25, 0.3) is 5.56 Å². The molecular weight excluding hydrogens is 392 g/mol. The lowest BCUT2D eigenvalue weighted by Gasteiger charge is -2.23. The molecule has 1 heterocycles. The largest absolute Gasteiger partial charge is 0.505 e. The molecule has 9 heteroatoms. The molecule has 0 bridgehead atoms. The molecule has 0 saturated heterocycles. The van der Waals surface area contributed by atoms with Crippen LogP contribution in [-0.4, -0.2) is 56.4 Å². The Balaban J connectivity index is 1.84. The summed E-state index contributed by atoms with van der Waals surface area (Å²) >= 11 is 0. The number of benzene rings is 2. The van der Waals surface area contributed by atoms with Crippen LogP contribution in [-0.2, 0) is 9.84 Å². The molecule has 0 saturated carbocycles. The van der Waals surface area contributed by atoms with Crippen molar-refractivity contribution in [2.45, 2.75) is 4.90 Å². The van der Waals surface area contributed by atoms with Crippen LogP contribution in [0.2, 0.25) is 0 Å². The van der Waals surface area contributed by atoms with E-state index in [1.54, 1.807) is 24.3 Å². The molecule has 3 aromatic rings. The number of rotatable bonds is 6. The minimum absolute atomic E-state index is 0.0394. The smallest absolute Gasteiger partial charge is 0.280 e. The highest BCUT2D eigenvalue weighted by atomic mass is 32.2. The number of aromatic hydroxyl groups is 1. The molecule has 0 fully saturated rings. The third-order valence-electron chi connectivity index (χ3n) is 4.36. The first-order chi connectivity index (χ1) is 13.6. The molecule has 8 nitrogen and oxygen atoms in total. The Hall–Kier alpha value is -3.04. The lowest BCUT2D eigenvalue weighted by molar-refractivity contribution is -0.867. The van der Waals surface area contributed by atoms with E-state index in [1.807, 2.05) is 21.1 Å². The molecule has 2 aromatic carbocycles. The van der Waals surface area contributed by atoms with Crippen LogP contribution in [0.15, 0.2) is 68.4 Å². The van der Waals surface area contributed by atoms with Gasteiger partial charge >= 0.3 is 0 Å². The second-order valence-corrected chi connectivity index (χ2v) is 9.83. The quantitative estimate of drug-likeness (QED) is 0.476. The number of para-hydroxylation sites is 1. The van der Waals surface area contributed by atoms with E-state index in [0.717, 1.165) is 0 Å². The second kappa shape index (κ2) is 7.76.